The molecule has 3 heteroatoms. The normalized spacial score (nSPS) is 19.8. The van der Waals surface area contributed by atoms with E-state index in [2.05, 4.69) is 15.9 Å². The molecule has 2 fully saturated rings. The Morgan fingerprint density at radius 3 is 1.24 bits per heavy atom. The first-order valence-electron chi connectivity index (χ1n) is 6.07. The van der Waals surface area contributed by atoms with Crippen LogP contribution in [-0.2, 0) is 19.4 Å². The van der Waals surface area contributed by atoms with E-state index < -0.39 is 0 Å². The molecule has 0 aliphatic heterocycles. The summed E-state index contributed by atoms with van der Waals surface area (Å²) in [5, 5.41) is 0. The molecule has 0 amide bonds. The second-order valence-electron chi connectivity index (χ2n) is 4.95. The molecule has 2 aliphatic carbocycles. The molecular formula is C14H31ClSiTi. The van der Waals surface area contributed by atoms with Gasteiger partial charge in [-0.15, -0.1) is 0 Å². The Morgan fingerprint density at radius 2 is 1.00 bits per heavy atom. The Morgan fingerprint density at radius 1 is 0.765 bits per heavy atom. The van der Waals surface area contributed by atoms with Crippen LogP contribution in [0.1, 0.15) is 51.4 Å². The number of halogens is 1. The van der Waals surface area contributed by atoms with Gasteiger partial charge < -0.3 is 22.3 Å². The van der Waals surface area contributed by atoms with Gasteiger partial charge in [-0.2, -0.15) is 0 Å². The van der Waals surface area contributed by atoms with E-state index in [0.29, 0.717) is 0 Å². The van der Waals surface area contributed by atoms with Gasteiger partial charge in [0.25, 0.3) is 0 Å². The second kappa shape index (κ2) is 13.6. The fourth-order valence-corrected chi connectivity index (χ4v) is 7.17. The van der Waals surface area contributed by atoms with Gasteiger partial charge in [0.05, 0.1) is 0 Å². The van der Waals surface area contributed by atoms with Crippen LogP contribution in [0.15, 0.2) is 0 Å². The fourth-order valence-electron chi connectivity index (χ4n) is 3.35. The van der Waals surface area contributed by atoms with Gasteiger partial charge in [-0.05, 0) is 11.1 Å². The average molecular weight is 311 g/mol. The summed E-state index contributed by atoms with van der Waals surface area (Å²) in [4.78, 5) is 0. The van der Waals surface area contributed by atoms with Gasteiger partial charge >= 0.3 is 28.7 Å². The van der Waals surface area contributed by atoms with Crippen molar-refractivity contribution in [1.29, 1.82) is 0 Å². The van der Waals surface area contributed by atoms with Crippen LogP contribution >= 0.6 is 9.30 Å². The zero-order valence-corrected chi connectivity index (χ0v) is 15.7. The first-order valence-corrected chi connectivity index (χ1v) is 10.7. The summed E-state index contributed by atoms with van der Waals surface area (Å²) in [5.41, 5.74) is 2.49. The van der Waals surface area contributed by atoms with Crippen LogP contribution in [0, 0.1) is 22.3 Å². The van der Waals surface area contributed by atoms with Crippen molar-refractivity contribution in [2.45, 2.75) is 69.0 Å². The topological polar surface area (TPSA) is 0 Å². The standard InChI is InChI=1S/C11H22Si.3CH3.ClH.Ti/c1-12(10-6-2-3-7-10)11-8-4-5-9-11;;;;;/h10-12H,2-9H2,1H3;3*1H3;1H;/q;3*-1;;+4/p-1. The number of hydrogen-bond acceptors (Lipinski definition) is 0. The first kappa shape index (κ1) is 23.3. The van der Waals surface area contributed by atoms with Crippen molar-refractivity contribution in [1.82, 2.24) is 0 Å². The molecule has 0 aromatic rings. The third-order valence-corrected chi connectivity index (χ3v) is 8.59. The molecule has 0 aromatic carbocycles. The SMILES string of the molecule is C[SiH](C1CCCC1)C1CCCC1.[CH3-].[CH3-].[CH3-].[Cl][Ti+3]. The van der Waals surface area contributed by atoms with Crippen LogP contribution in [0.25, 0.3) is 0 Å². The van der Waals surface area contributed by atoms with Gasteiger partial charge in [-0.3, -0.25) is 0 Å². The minimum absolute atomic E-state index is 0. The third-order valence-electron chi connectivity index (χ3n) is 4.29. The van der Waals surface area contributed by atoms with Gasteiger partial charge in [0, 0.05) is 8.80 Å². The van der Waals surface area contributed by atoms with E-state index in [1.807, 2.05) is 0 Å². The van der Waals surface area contributed by atoms with E-state index in [1.54, 1.807) is 51.4 Å². The van der Waals surface area contributed by atoms with Gasteiger partial charge in [0.15, 0.2) is 0 Å². The molecule has 0 bridgehead atoms. The Balaban J connectivity index is -0.000000373. The minimum atomic E-state index is -0.307. The molecular weight excluding hydrogens is 280 g/mol. The van der Waals surface area contributed by atoms with E-state index in [-0.39, 0.29) is 31.1 Å². The summed E-state index contributed by atoms with van der Waals surface area (Å²) in [6, 6.07) is 0. The zero-order chi connectivity index (χ0) is 10.4. The fraction of sp³-hybridized carbons (Fsp3) is 0.786. The van der Waals surface area contributed by atoms with Crippen molar-refractivity contribution < 1.29 is 19.4 Å². The van der Waals surface area contributed by atoms with E-state index in [0.717, 1.165) is 0 Å². The maximum absolute atomic E-state index is 4.64. The summed E-state index contributed by atoms with van der Waals surface area (Å²) < 4.78 is 0. The van der Waals surface area contributed by atoms with Gasteiger partial charge in [-0.1, -0.05) is 57.9 Å². The molecule has 0 unspecified atom stereocenters. The molecule has 0 aromatic heterocycles. The van der Waals surface area contributed by atoms with Crippen molar-refractivity contribution >= 4 is 18.1 Å². The molecule has 0 N–H and O–H groups in total. The van der Waals surface area contributed by atoms with E-state index in [4.69, 9.17) is 0 Å². The molecule has 0 nitrogen and oxygen atoms in total. The number of hydrogen-bond donors (Lipinski definition) is 0. The Labute approximate surface area is 128 Å². The van der Waals surface area contributed by atoms with Gasteiger partial charge in [-0.25, -0.2) is 0 Å². The van der Waals surface area contributed by atoms with Crippen LogP contribution in [0.3, 0.4) is 0 Å². The van der Waals surface area contributed by atoms with Crippen molar-refractivity contribution in [2.75, 3.05) is 0 Å². The summed E-state index contributed by atoms with van der Waals surface area (Å²) in [5.74, 6) is 0. The summed E-state index contributed by atoms with van der Waals surface area (Å²) >= 11 is 1.47. The van der Waals surface area contributed by atoms with Crippen LogP contribution in [0.5, 0.6) is 0 Å². The zero-order valence-electron chi connectivity index (χ0n) is 12.3. The van der Waals surface area contributed by atoms with Crippen LogP contribution in [0.4, 0.5) is 0 Å². The summed E-state index contributed by atoms with van der Waals surface area (Å²) in [7, 11) is 4.33. The molecule has 0 heterocycles. The molecule has 0 radical (unpaired) electrons. The molecule has 17 heavy (non-hydrogen) atoms. The Hall–Kier alpha value is 1.22. The van der Waals surface area contributed by atoms with Crippen LogP contribution < -0.4 is 0 Å². The molecule has 102 valence electrons. The second-order valence-corrected chi connectivity index (χ2v) is 8.55. The summed E-state index contributed by atoms with van der Waals surface area (Å²) in [6.07, 6.45) is 12.6. The van der Waals surface area contributed by atoms with Crippen molar-refractivity contribution in [2.24, 2.45) is 0 Å². The van der Waals surface area contributed by atoms with E-state index in [9.17, 15) is 0 Å². The van der Waals surface area contributed by atoms with E-state index in [1.165, 1.54) is 30.5 Å². The monoisotopic (exact) mass is 310 g/mol. The molecule has 2 saturated carbocycles. The molecule has 0 spiro atoms. The third kappa shape index (κ3) is 7.40. The Bertz CT molecular complexity index is 127. The van der Waals surface area contributed by atoms with Crippen molar-refractivity contribution in [3.05, 3.63) is 22.3 Å². The molecule has 0 atom stereocenters. The van der Waals surface area contributed by atoms with Gasteiger partial charge in [0.1, 0.15) is 0 Å². The van der Waals surface area contributed by atoms with Crippen LogP contribution in [0.2, 0.25) is 17.6 Å². The Kier molecular flexibility index (Phi) is 18.7. The van der Waals surface area contributed by atoms with Crippen molar-refractivity contribution in [3.8, 4) is 0 Å². The first-order chi connectivity index (χ1) is 6.88. The molecule has 0 saturated heterocycles. The van der Waals surface area contributed by atoms with Gasteiger partial charge in [0.2, 0.25) is 0 Å². The predicted molar refractivity (Wildman–Crippen MR) is 82.5 cm³/mol. The van der Waals surface area contributed by atoms with Crippen molar-refractivity contribution in [3.63, 3.8) is 0 Å². The number of rotatable bonds is 2. The van der Waals surface area contributed by atoms with E-state index >= 15 is 0 Å². The predicted octanol–water partition coefficient (Wildman–Crippen LogP) is 5.77. The maximum atomic E-state index is 4.64. The quantitative estimate of drug-likeness (QED) is 0.448. The molecule has 2 aliphatic rings. The average Bonchev–Trinajstić information content (AvgIpc) is 2.93. The summed E-state index contributed by atoms with van der Waals surface area (Å²) in [6.45, 7) is 2.66. The molecule has 2 rings (SSSR count). The van der Waals surface area contributed by atoms with Crippen LogP contribution in [-0.4, -0.2) is 8.80 Å².